The van der Waals surface area contributed by atoms with E-state index in [1.807, 2.05) is 66.2 Å². The van der Waals surface area contributed by atoms with E-state index in [1.165, 1.54) is 16.7 Å². The van der Waals surface area contributed by atoms with Gasteiger partial charge in [0, 0.05) is 36.3 Å². The highest BCUT2D eigenvalue weighted by atomic mass is 32.2. The molecule has 0 saturated carbocycles. The first-order valence-electron chi connectivity index (χ1n) is 16.1. The topological polar surface area (TPSA) is 134 Å². The Balaban J connectivity index is 1.25. The van der Waals surface area contributed by atoms with Gasteiger partial charge in [0.2, 0.25) is 16.0 Å². The number of cyclic esters (lactones) is 1. The van der Waals surface area contributed by atoms with Crippen molar-refractivity contribution in [3.63, 3.8) is 0 Å². The van der Waals surface area contributed by atoms with Crippen molar-refractivity contribution in [1.29, 1.82) is 0 Å². The molecular formula is C32H49FN7O5S2+. The second kappa shape index (κ2) is 15.9. The van der Waals surface area contributed by atoms with Gasteiger partial charge in [0.05, 0.1) is 57.6 Å². The third-order valence-electron chi connectivity index (χ3n) is 8.38. The standard InChI is InChI=1S/C32H49FN7O5S2/c1-22(2)29-20-45-32(42)39(29)30-28(33)17-34-31(36-30)35-23(3)25-7-9-27(10-8-25)38-13-11-26(12-14-38)37-47(43,44)16-15-46-21-24(19-41)18-40(4,5)6/h7-10,17,19,22-24,26,29,37H,11-16,18,20-21H2,1-6H3,(H,34,35,36)/q+1/t23-,24+,29+/m0/s1. The van der Waals surface area contributed by atoms with E-state index < -0.39 is 21.9 Å². The van der Waals surface area contributed by atoms with Gasteiger partial charge in [-0.2, -0.15) is 16.7 Å². The van der Waals surface area contributed by atoms with Crippen LogP contribution in [-0.4, -0.2) is 112 Å². The number of hydrogen-bond acceptors (Lipinski definition) is 10. The molecule has 2 aliphatic heterocycles. The van der Waals surface area contributed by atoms with Crippen LogP contribution in [0.4, 0.5) is 26.6 Å². The second-order valence-corrected chi connectivity index (χ2v) is 16.7. The molecule has 4 rings (SSSR count). The van der Waals surface area contributed by atoms with Crippen LogP contribution < -0.4 is 19.8 Å². The number of carbonyl (C=O) groups excluding carboxylic acids is 2. The van der Waals surface area contributed by atoms with E-state index in [0.29, 0.717) is 28.8 Å². The number of rotatable bonds is 16. The van der Waals surface area contributed by atoms with Crippen molar-refractivity contribution in [3.8, 4) is 0 Å². The molecule has 1 aromatic carbocycles. The normalized spacial score (nSPS) is 19.1. The zero-order chi connectivity index (χ0) is 34.4. The minimum Gasteiger partial charge on any atom is -0.447 e. The molecule has 3 atom stereocenters. The number of nitrogens with one attached hydrogen (secondary N) is 2. The smallest absolute Gasteiger partial charge is 0.416 e. The number of carbonyl (C=O) groups is 2. The molecule has 15 heteroatoms. The van der Waals surface area contributed by atoms with Crippen molar-refractivity contribution >= 4 is 51.6 Å². The predicted molar refractivity (Wildman–Crippen MR) is 185 cm³/mol. The quantitative estimate of drug-likeness (QED) is 0.151. The number of amides is 1. The molecule has 2 aromatic rings. The van der Waals surface area contributed by atoms with Gasteiger partial charge < -0.3 is 24.2 Å². The third kappa shape index (κ3) is 10.5. The van der Waals surface area contributed by atoms with Crippen LogP contribution in [0, 0.1) is 17.7 Å². The van der Waals surface area contributed by atoms with Gasteiger partial charge in [0.15, 0.2) is 11.6 Å². The highest BCUT2D eigenvalue weighted by molar-refractivity contribution is 8.00. The zero-order valence-corrected chi connectivity index (χ0v) is 29.8. The van der Waals surface area contributed by atoms with Crippen molar-refractivity contribution in [2.45, 2.75) is 51.7 Å². The molecule has 2 aliphatic rings. The van der Waals surface area contributed by atoms with Crippen LogP contribution in [0.3, 0.4) is 0 Å². The lowest BCUT2D eigenvalue weighted by atomic mass is 10.0. The van der Waals surface area contributed by atoms with E-state index in [4.69, 9.17) is 4.74 Å². The number of nitrogens with zero attached hydrogens (tertiary/aromatic N) is 5. The minimum absolute atomic E-state index is 0.0368. The summed E-state index contributed by atoms with van der Waals surface area (Å²) in [6.07, 6.45) is 2.82. The number of halogens is 1. The van der Waals surface area contributed by atoms with Crippen LogP contribution in [0.1, 0.15) is 45.2 Å². The number of aldehydes is 1. The van der Waals surface area contributed by atoms with Gasteiger partial charge in [-0.05, 0) is 43.4 Å². The molecule has 3 heterocycles. The van der Waals surface area contributed by atoms with E-state index in [2.05, 4.69) is 24.9 Å². The molecule has 47 heavy (non-hydrogen) atoms. The Morgan fingerprint density at radius 1 is 1.15 bits per heavy atom. The Morgan fingerprint density at radius 3 is 2.45 bits per heavy atom. The molecule has 0 bridgehead atoms. The molecule has 0 aliphatic carbocycles. The van der Waals surface area contributed by atoms with Gasteiger partial charge in [-0.3, -0.25) is 4.90 Å². The summed E-state index contributed by atoms with van der Waals surface area (Å²) in [6.45, 7) is 8.19. The SMILES string of the molecule is CC(C)[C@H]1COC(=O)N1c1nc(N[C@@H](C)c2ccc(N3CCC(NS(=O)(=O)CCSC[C@@H](C=O)C[N+](C)(C)C)CC3)cc2)ncc1F. The van der Waals surface area contributed by atoms with Crippen LogP contribution in [-0.2, 0) is 19.6 Å². The summed E-state index contributed by atoms with van der Waals surface area (Å²) in [7, 11) is 2.70. The molecule has 0 spiro atoms. The summed E-state index contributed by atoms with van der Waals surface area (Å²) >= 11 is 1.51. The summed E-state index contributed by atoms with van der Waals surface area (Å²) in [5.74, 6) is 0.487. The minimum atomic E-state index is -3.41. The average molecular weight is 695 g/mol. The molecular weight excluding hydrogens is 646 g/mol. The van der Waals surface area contributed by atoms with Gasteiger partial charge in [-0.1, -0.05) is 26.0 Å². The summed E-state index contributed by atoms with van der Waals surface area (Å²) in [5, 5.41) is 3.21. The third-order valence-corrected chi connectivity index (χ3v) is 11.2. The van der Waals surface area contributed by atoms with Gasteiger partial charge in [0.1, 0.15) is 12.9 Å². The Labute approximate surface area is 282 Å². The van der Waals surface area contributed by atoms with Gasteiger partial charge in [0.25, 0.3) is 0 Å². The molecule has 2 N–H and O–H groups in total. The lowest BCUT2D eigenvalue weighted by molar-refractivity contribution is -0.872. The van der Waals surface area contributed by atoms with E-state index in [1.54, 1.807) is 0 Å². The van der Waals surface area contributed by atoms with Crippen molar-refractivity contribution in [3.05, 3.63) is 41.8 Å². The first-order valence-corrected chi connectivity index (χ1v) is 18.9. The first kappa shape index (κ1) is 36.8. The number of anilines is 3. The van der Waals surface area contributed by atoms with E-state index in [-0.39, 0.29) is 54.1 Å². The van der Waals surface area contributed by atoms with Crippen molar-refractivity contribution in [2.75, 3.05) is 79.8 Å². The Morgan fingerprint density at radius 2 is 1.83 bits per heavy atom. The fourth-order valence-electron chi connectivity index (χ4n) is 5.83. The molecule has 1 aromatic heterocycles. The Bertz CT molecular complexity index is 1470. The zero-order valence-electron chi connectivity index (χ0n) is 28.2. The number of quaternary nitrogens is 1. The highest BCUT2D eigenvalue weighted by Gasteiger charge is 2.39. The first-order chi connectivity index (χ1) is 22.2. The van der Waals surface area contributed by atoms with Crippen molar-refractivity contribution in [2.24, 2.45) is 11.8 Å². The van der Waals surface area contributed by atoms with Crippen LogP contribution in [0.15, 0.2) is 30.5 Å². The van der Waals surface area contributed by atoms with Crippen LogP contribution in [0.2, 0.25) is 0 Å². The number of hydrogen-bond donors (Lipinski definition) is 2. The lowest BCUT2D eigenvalue weighted by Crippen LogP contribution is -2.45. The van der Waals surface area contributed by atoms with Gasteiger partial charge in [-0.25, -0.2) is 27.3 Å². The van der Waals surface area contributed by atoms with Crippen molar-refractivity contribution in [1.82, 2.24) is 14.7 Å². The maximum Gasteiger partial charge on any atom is 0.416 e. The van der Waals surface area contributed by atoms with E-state index in [9.17, 15) is 22.4 Å². The van der Waals surface area contributed by atoms with Gasteiger partial charge >= 0.3 is 6.09 Å². The number of benzene rings is 1. The maximum absolute atomic E-state index is 14.7. The average Bonchev–Trinajstić information content (AvgIpc) is 3.40. The number of ether oxygens (including phenoxy) is 1. The maximum atomic E-state index is 14.7. The molecule has 0 radical (unpaired) electrons. The Kier molecular flexibility index (Phi) is 12.5. The largest absolute Gasteiger partial charge is 0.447 e. The molecule has 1 amide bonds. The fraction of sp³-hybridized carbons (Fsp3) is 0.625. The molecule has 2 saturated heterocycles. The fourth-order valence-corrected chi connectivity index (χ4v) is 8.69. The number of aromatic nitrogens is 2. The summed E-state index contributed by atoms with van der Waals surface area (Å²) in [6, 6.07) is 7.46. The molecule has 2 fully saturated rings. The second-order valence-electron chi connectivity index (χ2n) is 13.7. The number of thioether (sulfide) groups is 1. The Hall–Kier alpha value is -3.01. The molecule has 12 nitrogen and oxygen atoms in total. The highest BCUT2D eigenvalue weighted by Crippen LogP contribution is 2.29. The molecule has 0 unspecified atom stereocenters. The van der Waals surface area contributed by atoms with Crippen LogP contribution in [0.5, 0.6) is 0 Å². The predicted octanol–water partition coefficient (Wildman–Crippen LogP) is 3.91. The van der Waals surface area contributed by atoms with Crippen LogP contribution >= 0.6 is 11.8 Å². The summed E-state index contributed by atoms with van der Waals surface area (Å²) < 4.78 is 48.9. The number of piperidine rings is 1. The summed E-state index contributed by atoms with van der Waals surface area (Å²) in [4.78, 5) is 35.7. The monoisotopic (exact) mass is 694 g/mol. The van der Waals surface area contributed by atoms with Crippen LogP contribution in [0.25, 0.3) is 0 Å². The summed E-state index contributed by atoms with van der Waals surface area (Å²) in [5.41, 5.74) is 2.02. The van der Waals surface area contributed by atoms with E-state index >= 15 is 0 Å². The van der Waals surface area contributed by atoms with Crippen molar-refractivity contribution < 1.29 is 31.6 Å². The number of sulfonamides is 1. The van der Waals surface area contributed by atoms with E-state index in [0.717, 1.165) is 43.4 Å². The van der Waals surface area contributed by atoms with Gasteiger partial charge in [-0.15, -0.1) is 0 Å². The lowest BCUT2D eigenvalue weighted by Gasteiger charge is -2.34. The molecule has 260 valence electrons.